The maximum absolute atomic E-state index is 13.0. The normalized spacial score (nSPS) is 17.4. The Morgan fingerprint density at radius 2 is 1.93 bits per heavy atom. The minimum Gasteiger partial charge on any atom is -0.336 e. The Morgan fingerprint density at radius 3 is 2.57 bits per heavy atom. The molecule has 2 fully saturated rings. The van der Waals surface area contributed by atoms with Crippen molar-refractivity contribution in [2.75, 3.05) is 26.7 Å². The van der Waals surface area contributed by atoms with Crippen molar-refractivity contribution in [1.82, 2.24) is 25.0 Å². The zero-order valence-electron chi connectivity index (χ0n) is 16.1. The van der Waals surface area contributed by atoms with Gasteiger partial charge in [0.15, 0.2) is 0 Å². The number of piperidine rings is 1. The summed E-state index contributed by atoms with van der Waals surface area (Å²) in [7, 11) is 1.98. The van der Waals surface area contributed by atoms with Crippen molar-refractivity contribution in [3.05, 3.63) is 40.9 Å². The van der Waals surface area contributed by atoms with Crippen LogP contribution in [0.2, 0.25) is 5.02 Å². The van der Waals surface area contributed by atoms with Crippen LogP contribution in [0.25, 0.3) is 5.69 Å². The lowest BCUT2D eigenvalue weighted by molar-refractivity contribution is 0.0674. The highest BCUT2D eigenvalue weighted by Gasteiger charge is 2.33. The van der Waals surface area contributed by atoms with E-state index in [0.717, 1.165) is 56.8 Å². The van der Waals surface area contributed by atoms with E-state index in [1.54, 1.807) is 4.68 Å². The Balaban J connectivity index is 0.00000225. The van der Waals surface area contributed by atoms with E-state index in [-0.39, 0.29) is 18.3 Å². The van der Waals surface area contributed by atoms with Gasteiger partial charge in [-0.05, 0) is 63.7 Å². The van der Waals surface area contributed by atoms with Crippen LogP contribution in [0.5, 0.6) is 0 Å². The second-order valence-electron chi connectivity index (χ2n) is 7.56. The molecule has 8 heteroatoms. The molecule has 0 radical (unpaired) electrons. The van der Waals surface area contributed by atoms with E-state index in [1.165, 1.54) is 6.42 Å². The lowest BCUT2D eigenvalue weighted by atomic mass is 9.93. The maximum Gasteiger partial charge on any atom is 0.293 e. The Labute approximate surface area is 177 Å². The van der Waals surface area contributed by atoms with E-state index in [1.807, 2.05) is 36.2 Å². The van der Waals surface area contributed by atoms with Crippen molar-refractivity contribution in [3.8, 4) is 5.69 Å². The van der Waals surface area contributed by atoms with Crippen molar-refractivity contribution in [2.24, 2.45) is 5.92 Å². The predicted octanol–water partition coefficient (Wildman–Crippen LogP) is 3.68. The van der Waals surface area contributed by atoms with Crippen molar-refractivity contribution in [2.45, 2.75) is 38.0 Å². The molecule has 0 bridgehead atoms. The summed E-state index contributed by atoms with van der Waals surface area (Å²) >= 11 is 6.36. The van der Waals surface area contributed by atoms with Crippen LogP contribution in [0.4, 0.5) is 0 Å². The van der Waals surface area contributed by atoms with Gasteiger partial charge in [0.2, 0.25) is 5.82 Å². The molecule has 2 heterocycles. The van der Waals surface area contributed by atoms with E-state index in [0.29, 0.717) is 22.7 Å². The minimum absolute atomic E-state index is 0. The molecule has 0 unspecified atom stereocenters. The maximum atomic E-state index is 13.0. The smallest absolute Gasteiger partial charge is 0.293 e. The number of hydrogen-bond donors (Lipinski definition) is 1. The average Bonchev–Trinajstić information content (AvgIpc) is 3.45. The van der Waals surface area contributed by atoms with Gasteiger partial charge in [-0.2, -0.15) is 0 Å². The largest absolute Gasteiger partial charge is 0.336 e. The number of para-hydroxylation sites is 1. The van der Waals surface area contributed by atoms with E-state index in [2.05, 4.69) is 15.4 Å². The summed E-state index contributed by atoms with van der Waals surface area (Å²) in [5.74, 6) is 2.16. The molecule has 1 aliphatic heterocycles. The van der Waals surface area contributed by atoms with Crippen LogP contribution in [0, 0.1) is 5.92 Å². The van der Waals surface area contributed by atoms with E-state index in [9.17, 15) is 4.79 Å². The third-order valence-corrected chi connectivity index (χ3v) is 5.87. The molecular weight excluding hydrogens is 397 g/mol. The number of aromatic nitrogens is 3. The van der Waals surface area contributed by atoms with Crippen molar-refractivity contribution < 1.29 is 4.79 Å². The zero-order chi connectivity index (χ0) is 18.8. The zero-order valence-corrected chi connectivity index (χ0v) is 17.7. The van der Waals surface area contributed by atoms with E-state index >= 15 is 0 Å². The molecule has 4 rings (SSSR count). The number of halogens is 2. The number of rotatable bonds is 6. The van der Waals surface area contributed by atoms with Gasteiger partial charge in [0.1, 0.15) is 5.82 Å². The lowest BCUT2D eigenvalue weighted by Crippen LogP contribution is -2.39. The average molecular weight is 424 g/mol. The Morgan fingerprint density at radius 1 is 1.21 bits per heavy atom. The first-order valence-corrected chi connectivity index (χ1v) is 10.2. The van der Waals surface area contributed by atoms with Gasteiger partial charge in [0.05, 0.1) is 10.7 Å². The standard InChI is InChI=1S/C20H26ClN5O.ClH/c1-22-11-8-14-9-12-25(13-10-14)20(27)18-23-19(15-6-7-15)26(24-18)17-5-3-2-4-16(17)21;/h2-5,14-15,22H,6-13H2,1H3;1H. The number of likely N-dealkylation sites (tertiary alicyclic amines) is 1. The monoisotopic (exact) mass is 423 g/mol. The Hall–Kier alpha value is -1.63. The van der Waals surface area contributed by atoms with Gasteiger partial charge in [0.25, 0.3) is 5.91 Å². The molecule has 2 aromatic rings. The summed E-state index contributed by atoms with van der Waals surface area (Å²) in [5, 5.41) is 8.39. The van der Waals surface area contributed by atoms with Gasteiger partial charge in [-0.15, -0.1) is 17.5 Å². The first-order valence-electron chi connectivity index (χ1n) is 9.83. The molecule has 0 atom stereocenters. The van der Waals surface area contributed by atoms with Crippen molar-refractivity contribution >= 4 is 29.9 Å². The summed E-state index contributed by atoms with van der Waals surface area (Å²) in [6, 6.07) is 7.58. The predicted molar refractivity (Wildman–Crippen MR) is 113 cm³/mol. The van der Waals surface area contributed by atoms with Crippen LogP contribution in [0.3, 0.4) is 0 Å². The highest BCUT2D eigenvalue weighted by Crippen LogP contribution is 2.40. The topological polar surface area (TPSA) is 63.1 Å². The van der Waals surface area contributed by atoms with Crippen LogP contribution in [-0.4, -0.2) is 52.3 Å². The highest BCUT2D eigenvalue weighted by atomic mass is 35.5. The summed E-state index contributed by atoms with van der Waals surface area (Å²) in [6.45, 7) is 2.60. The third-order valence-electron chi connectivity index (χ3n) is 5.55. The number of benzene rings is 1. The summed E-state index contributed by atoms with van der Waals surface area (Å²) in [4.78, 5) is 19.5. The number of carbonyl (C=O) groups is 1. The van der Waals surface area contributed by atoms with Gasteiger partial charge in [0, 0.05) is 19.0 Å². The van der Waals surface area contributed by atoms with Crippen molar-refractivity contribution in [3.63, 3.8) is 0 Å². The summed E-state index contributed by atoms with van der Waals surface area (Å²) < 4.78 is 1.77. The van der Waals surface area contributed by atoms with Gasteiger partial charge in [-0.25, -0.2) is 9.67 Å². The molecule has 1 aromatic carbocycles. The summed E-state index contributed by atoms with van der Waals surface area (Å²) in [5.41, 5.74) is 0.790. The minimum atomic E-state index is -0.0604. The van der Waals surface area contributed by atoms with Gasteiger partial charge in [-0.1, -0.05) is 23.7 Å². The van der Waals surface area contributed by atoms with E-state index in [4.69, 9.17) is 11.6 Å². The van der Waals surface area contributed by atoms with Gasteiger partial charge in [-0.3, -0.25) is 4.79 Å². The second-order valence-corrected chi connectivity index (χ2v) is 7.97. The molecule has 1 saturated carbocycles. The molecule has 1 aliphatic carbocycles. The van der Waals surface area contributed by atoms with Crippen LogP contribution in [0.15, 0.2) is 24.3 Å². The quantitative estimate of drug-likeness (QED) is 0.769. The molecule has 2 aliphatic rings. The molecule has 0 spiro atoms. The van der Waals surface area contributed by atoms with Gasteiger partial charge < -0.3 is 10.2 Å². The first-order chi connectivity index (χ1) is 13.2. The molecule has 1 N–H and O–H groups in total. The fourth-order valence-corrected chi connectivity index (χ4v) is 3.95. The number of carbonyl (C=O) groups excluding carboxylic acids is 1. The Bertz CT molecular complexity index is 813. The third kappa shape index (κ3) is 4.50. The van der Waals surface area contributed by atoms with Crippen LogP contribution < -0.4 is 5.32 Å². The van der Waals surface area contributed by atoms with Crippen molar-refractivity contribution in [1.29, 1.82) is 0 Å². The fourth-order valence-electron chi connectivity index (χ4n) is 3.74. The number of amides is 1. The lowest BCUT2D eigenvalue weighted by Gasteiger charge is -2.31. The highest BCUT2D eigenvalue weighted by molar-refractivity contribution is 6.32. The van der Waals surface area contributed by atoms with Crippen LogP contribution >= 0.6 is 24.0 Å². The molecule has 6 nitrogen and oxygen atoms in total. The molecular formula is C20H27Cl2N5O. The Kier molecular flexibility index (Phi) is 6.96. The van der Waals surface area contributed by atoms with Crippen LogP contribution in [0.1, 0.15) is 54.5 Å². The van der Waals surface area contributed by atoms with Crippen LogP contribution in [-0.2, 0) is 0 Å². The molecule has 28 heavy (non-hydrogen) atoms. The molecule has 152 valence electrons. The van der Waals surface area contributed by atoms with E-state index < -0.39 is 0 Å². The molecule has 1 amide bonds. The molecule has 1 saturated heterocycles. The second kappa shape index (κ2) is 9.25. The fraction of sp³-hybridized carbons (Fsp3) is 0.550. The molecule has 1 aromatic heterocycles. The van der Waals surface area contributed by atoms with Gasteiger partial charge >= 0.3 is 0 Å². The number of nitrogens with zero attached hydrogens (tertiary/aromatic N) is 4. The number of nitrogens with one attached hydrogen (secondary N) is 1. The summed E-state index contributed by atoms with van der Waals surface area (Å²) in [6.07, 6.45) is 5.45. The first kappa shape index (κ1) is 21.1. The number of hydrogen-bond acceptors (Lipinski definition) is 4. The SMILES string of the molecule is CNCCC1CCN(C(=O)c2nc(C3CC3)n(-c3ccccc3Cl)n2)CC1.Cl.